The van der Waals surface area contributed by atoms with Crippen LogP contribution in [0.1, 0.15) is 27.2 Å². The molecule has 2 unspecified atom stereocenters. The summed E-state index contributed by atoms with van der Waals surface area (Å²) < 4.78 is 4.81. The standard InChI is InChI=1S/C8H17NO2/c1-4-7(9)6(3)8(10)11-5-2/h6-7H,4-5,9H2,1-3H3. The number of hydrogen-bond donors (Lipinski definition) is 1. The van der Waals surface area contributed by atoms with Gasteiger partial charge in [0, 0.05) is 6.04 Å². The molecule has 66 valence electrons. The summed E-state index contributed by atoms with van der Waals surface area (Å²) in [5.41, 5.74) is 5.65. The van der Waals surface area contributed by atoms with E-state index in [0.29, 0.717) is 6.61 Å². The first-order valence-electron chi connectivity index (χ1n) is 4.05. The van der Waals surface area contributed by atoms with Crippen LogP contribution in [0.25, 0.3) is 0 Å². The van der Waals surface area contributed by atoms with Crippen molar-refractivity contribution in [3.8, 4) is 0 Å². The van der Waals surface area contributed by atoms with Crippen LogP contribution in [-0.2, 0) is 9.53 Å². The van der Waals surface area contributed by atoms with E-state index >= 15 is 0 Å². The summed E-state index contributed by atoms with van der Waals surface area (Å²) in [6.07, 6.45) is 0.806. The molecule has 0 aromatic carbocycles. The van der Waals surface area contributed by atoms with Gasteiger partial charge in [-0.1, -0.05) is 13.8 Å². The summed E-state index contributed by atoms with van der Waals surface area (Å²) in [7, 11) is 0. The fraction of sp³-hybridized carbons (Fsp3) is 0.875. The van der Waals surface area contributed by atoms with Crippen molar-refractivity contribution < 1.29 is 9.53 Å². The Morgan fingerprint density at radius 2 is 2.09 bits per heavy atom. The van der Waals surface area contributed by atoms with Crippen LogP contribution in [-0.4, -0.2) is 18.6 Å². The van der Waals surface area contributed by atoms with Crippen molar-refractivity contribution in [1.82, 2.24) is 0 Å². The predicted octanol–water partition coefficient (Wildman–Crippen LogP) is 0.923. The lowest BCUT2D eigenvalue weighted by atomic mass is 10.0. The average molecular weight is 159 g/mol. The van der Waals surface area contributed by atoms with E-state index < -0.39 is 0 Å². The van der Waals surface area contributed by atoms with Gasteiger partial charge in [0.1, 0.15) is 0 Å². The summed E-state index contributed by atoms with van der Waals surface area (Å²) in [4.78, 5) is 11.0. The highest BCUT2D eigenvalue weighted by Gasteiger charge is 2.19. The molecule has 0 aliphatic carbocycles. The van der Waals surface area contributed by atoms with Gasteiger partial charge in [-0.2, -0.15) is 0 Å². The normalized spacial score (nSPS) is 15.6. The predicted molar refractivity (Wildman–Crippen MR) is 44.1 cm³/mol. The molecule has 0 rings (SSSR count). The number of rotatable bonds is 4. The second kappa shape index (κ2) is 5.13. The Hall–Kier alpha value is -0.570. The Balaban J connectivity index is 3.80. The molecule has 0 amide bonds. The quantitative estimate of drug-likeness (QED) is 0.621. The van der Waals surface area contributed by atoms with Gasteiger partial charge in [0.15, 0.2) is 0 Å². The molecule has 0 fully saturated rings. The highest BCUT2D eigenvalue weighted by Crippen LogP contribution is 2.05. The third-order valence-electron chi connectivity index (χ3n) is 1.77. The Labute approximate surface area is 67.9 Å². The van der Waals surface area contributed by atoms with Crippen LogP contribution in [0, 0.1) is 5.92 Å². The van der Waals surface area contributed by atoms with Gasteiger partial charge in [-0.05, 0) is 13.3 Å². The van der Waals surface area contributed by atoms with E-state index in [9.17, 15) is 4.79 Å². The highest BCUT2D eigenvalue weighted by atomic mass is 16.5. The molecule has 3 heteroatoms. The second-order valence-electron chi connectivity index (χ2n) is 2.61. The summed E-state index contributed by atoms with van der Waals surface area (Å²) in [6.45, 7) is 5.98. The van der Waals surface area contributed by atoms with E-state index in [2.05, 4.69) is 0 Å². The van der Waals surface area contributed by atoms with Crippen molar-refractivity contribution in [1.29, 1.82) is 0 Å². The first-order chi connectivity index (χ1) is 5.13. The molecule has 0 aliphatic rings. The number of carbonyl (C=O) groups excluding carboxylic acids is 1. The van der Waals surface area contributed by atoms with Crippen molar-refractivity contribution in [2.45, 2.75) is 33.2 Å². The largest absolute Gasteiger partial charge is 0.466 e. The van der Waals surface area contributed by atoms with E-state index in [0.717, 1.165) is 6.42 Å². The summed E-state index contributed by atoms with van der Waals surface area (Å²) in [5, 5.41) is 0. The van der Waals surface area contributed by atoms with Crippen LogP contribution in [0.5, 0.6) is 0 Å². The van der Waals surface area contributed by atoms with Gasteiger partial charge in [0.25, 0.3) is 0 Å². The maximum absolute atomic E-state index is 11.0. The molecule has 0 radical (unpaired) electrons. The molecule has 2 atom stereocenters. The van der Waals surface area contributed by atoms with Gasteiger partial charge >= 0.3 is 5.97 Å². The lowest BCUT2D eigenvalue weighted by Crippen LogP contribution is -2.33. The third kappa shape index (κ3) is 3.37. The van der Waals surface area contributed by atoms with Gasteiger partial charge in [0.2, 0.25) is 0 Å². The lowest BCUT2D eigenvalue weighted by Gasteiger charge is -2.15. The highest BCUT2D eigenvalue weighted by molar-refractivity contribution is 5.72. The van der Waals surface area contributed by atoms with Crippen LogP contribution < -0.4 is 5.73 Å². The minimum Gasteiger partial charge on any atom is -0.466 e. The fourth-order valence-electron chi connectivity index (χ4n) is 0.802. The maximum Gasteiger partial charge on any atom is 0.310 e. The molecule has 0 spiro atoms. The van der Waals surface area contributed by atoms with Gasteiger partial charge in [0.05, 0.1) is 12.5 Å². The third-order valence-corrected chi connectivity index (χ3v) is 1.77. The Kier molecular flexibility index (Phi) is 4.86. The average Bonchev–Trinajstić information content (AvgIpc) is 2.02. The second-order valence-corrected chi connectivity index (χ2v) is 2.61. The molecule has 3 nitrogen and oxygen atoms in total. The Morgan fingerprint density at radius 1 is 1.55 bits per heavy atom. The van der Waals surface area contributed by atoms with E-state index in [1.54, 1.807) is 13.8 Å². The van der Waals surface area contributed by atoms with E-state index in [-0.39, 0.29) is 17.9 Å². The van der Waals surface area contributed by atoms with Crippen molar-refractivity contribution in [2.75, 3.05) is 6.61 Å². The molecule has 0 bridgehead atoms. The molecule has 0 aliphatic heterocycles. The number of nitrogens with two attached hydrogens (primary N) is 1. The topological polar surface area (TPSA) is 52.3 Å². The zero-order chi connectivity index (χ0) is 8.85. The minimum absolute atomic E-state index is 0.0750. The number of carbonyl (C=O) groups is 1. The van der Waals surface area contributed by atoms with Gasteiger partial charge < -0.3 is 10.5 Å². The Bertz CT molecular complexity index is 125. The van der Waals surface area contributed by atoms with Crippen LogP contribution >= 0.6 is 0 Å². The first-order valence-corrected chi connectivity index (χ1v) is 4.05. The molecule has 2 N–H and O–H groups in total. The summed E-state index contributed by atoms with van der Waals surface area (Å²) in [5.74, 6) is -0.373. The molecule has 0 saturated heterocycles. The van der Waals surface area contributed by atoms with E-state index in [4.69, 9.17) is 10.5 Å². The SMILES string of the molecule is CCOC(=O)C(C)C(N)CC. The molecule has 0 aromatic rings. The summed E-state index contributed by atoms with van der Waals surface area (Å²) >= 11 is 0. The van der Waals surface area contributed by atoms with Crippen molar-refractivity contribution in [3.63, 3.8) is 0 Å². The van der Waals surface area contributed by atoms with Gasteiger partial charge in [-0.15, -0.1) is 0 Å². The van der Waals surface area contributed by atoms with E-state index in [1.165, 1.54) is 0 Å². The smallest absolute Gasteiger partial charge is 0.310 e. The van der Waals surface area contributed by atoms with Gasteiger partial charge in [-0.3, -0.25) is 4.79 Å². The van der Waals surface area contributed by atoms with Crippen LogP contribution in [0.4, 0.5) is 0 Å². The van der Waals surface area contributed by atoms with Crippen LogP contribution in [0.15, 0.2) is 0 Å². The molecule has 11 heavy (non-hydrogen) atoms. The van der Waals surface area contributed by atoms with Crippen molar-refractivity contribution >= 4 is 5.97 Å². The maximum atomic E-state index is 11.0. The minimum atomic E-state index is -0.193. The molecule has 0 heterocycles. The van der Waals surface area contributed by atoms with E-state index in [1.807, 2.05) is 6.92 Å². The number of esters is 1. The summed E-state index contributed by atoms with van der Waals surface area (Å²) in [6, 6.07) is -0.0750. The first kappa shape index (κ1) is 10.4. The molecule has 0 saturated carbocycles. The van der Waals surface area contributed by atoms with Crippen molar-refractivity contribution in [2.24, 2.45) is 11.7 Å². The fourth-order valence-corrected chi connectivity index (χ4v) is 0.802. The zero-order valence-corrected chi connectivity index (χ0v) is 7.46. The number of ether oxygens (including phenoxy) is 1. The zero-order valence-electron chi connectivity index (χ0n) is 7.46. The monoisotopic (exact) mass is 159 g/mol. The lowest BCUT2D eigenvalue weighted by molar-refractivity contribution is -0.148. The number of hydrogen-bond acceptors (Lipinski definition) is 3. The van der Waals surface area contributed by atoms with Crippen LogP contribution in [0.2, 0.25) is 0 Å². The molecule has 0 aromatic heterocycles. The Morgan fingerprint density at radius 3 is 2.45 bits per heavy atom. The molecular weight excluding hydrogens is 142 g/mol. The van der Waals surface area contributed by atoms with Crippen LogP contribution in [0.3, 0.4) is 0 Å². The van der Waals surface area contributed by atoms with Crippen molar-refractivity contribution in [3.05, 3.63) is 0 Å². The van der Waals surface area contributed by atoms with Gasteiger partial charge in [-0.25, -0.2) is 0 Å². The molecular formula is C8H17NO2.